The Hall–Kier alpha value is 0.690. The van der Waals surface area contributed by atoms with E-state index in [1.807, 2.05) is 14.1 Å². The van der Waals surface area contributed by atoms with Gasteiger partial charge >= 0.3 is 0 Å². The molecular formula is C4H13BrClNO. The molecule has 0 rings (SSSR count). The molecule has 0 aliphatic heterocycles. The molecule has 0 aliphatic carbocycles. The Labute approximate surface area is 67.1 Å². The molecular weight excluding hydrogens is 193 g/mol. The molecule has 4 heteroatoms. The maximum atomic E-state index is 9.72. The minimum Gasteiger partial charge on any atom is -0.850 e. The van der Waals surface area contributed by atoms with E-state index in [1.54, 1.807) is 0 Å². The lowest BCUT2D eigenvalue weighted by Gasteiger charge is -2.07. The first-order chi connectivity index (χ1) is 2.77. The second-order valence-corrected chi connectivity index (χ2v) is 1.66. The topological polar surface area (TPSA) is 27.5 Å². The number of quaternary nitrogens is 1. The Kier molecular flexibility index (Phi) is 21.1. The van der Waals surface area contributed by atoms with Crippen molar-refractivity contribution in [1.82, 2.24) is 0 Å². The van der Waals surface area contributed by atoms with Crippen LogP contribution in [-0.2, 0) is 0 Å². The second kappa shape index (κ2) is 10.6. The quantitative estimate of drug-likeness (QED) is 0.585. The van der Waals surface area contributed by atoms with Crippen LogP contribution in [0.25, 0.3) is 0 Å². The third kappa shape index (κ3) is 15.9. The molecule has 8 heavy (non-hydrogen) atoms. The van der Waals surface area contributed by atoms with E-state index < -0.39 is 0 Å². The van der Waals surface area contributed by atoms with E-state index in [1.165, 1.54) is 4.90 Å². The van der Waals surface area contributed by atoms with Gasteiger partial charge in [0.1, 0.15) is 0 Å². The molecule has 2 nitrogen and oxygen atoms in total. The summed E-state index contributed by atoms with van der Waals surface area (Å²) in [6.07, 6.45) is 0. The van der Waals surface area contributed by atoms with Crippen LogP contribution in [-0.4, -0.2) is 27.2 Å². The van der Waals surface area contributed by atoms with Crippen LogP contribution < -0.4 is 10.0 Å². The van der Waals surface area contributed by atoms with E-state index in [2.05, 4.69) is 0 Å². The van der Waals surface area contributed by atoms with E-state index in [0.29, 0.717) is 0 Å². The largest absolute Gasteiger partial charge is 0.850 e. The highest BCUT2D eigenvalue weighted by Crippen LogP contribution is 1.27. The van der Waals surface area contributed by atoms with Gasteiger partial charge < -0.3 is 10.0 Å². The predicted molar refractivity (Wildman–Crippen MR) is 40.1 cm³/mol. The fourth-order valence-electron chi connectivity index (χ4n) is 0.204. The average molecular weight is 207 g/mol. The Balaban J connectivity index is -0.000000125. The van der Waals surface area contributed by atoms with Gasteiger partial charge in [0, 0.05) is 0 Å². The molecule has 0 spiro atoms. The van der Waals surface area contributed by atoms with E-state index in [9.17, 15) is 5.11 Å². The molecule has 0 saturated heterocycles. The molecule has 1 N–H and O–H groups in total. The highest BCUT2D eigenvalue weighted by Gasteiger charge is 1.78. The molecule has 0 saturated carbocycles. The molecule has 0 aromatic carbocycles. The first-order valence-electron chi connectivity index (χ1n) is 2.14. The number of halogens is 2. The summed E-state index contributed by atoms with van der Waals surface area (Å²) in [5, 5.41) is 9.72. The molecule has 0 atom stereocenters. The molecule has 0 aromatic rings. The van der Waals surface area contributed by atoms with Crippen molar-refractivity contribution in [2.24, 2.45) is 0 Å². The third-order valence-corrected chi connectivity index (χ3v) is 0.602. The van der Waals surface area contributed by atoms with Crippen molar-refractivity contribution >= 4 is 29.4 Å². The molecule has 0 amide bonds. The second-order valence-electron chi connectivity index (χ2n) is 1.66. The highest BCUT2D eigenvalue weighted by molar-refractivity contribution is 8.93. The van der Waals surface area contributed by atoms with Crippen LogP contribution in [0.2, 0.25) is 0 Å². The Morgan fingerprint density at radius 3 is 1.75 bits per heavy atom. The van der Waals surface area contributed by atoms with Crippen molar-refractivity contribution in [1.29, 1.82) is 0 Å². The van der Waals surface area contributed by atoms with Crippen LogP contribution in [0, 0.1) is 0 Å². The first-order valence-corrected chi connectivity index (χ1v) is 2.14. The SMILES string of the molecule is Br.C[NH+](C)CC[O-].Cl. The van der Waals surface area contributed by atoms with E-state index in [-0.39, 0.29) is 36.0 Å². The lowest BCUT2D eigenvalue weighted by atomic mass is 10.6. The Bertz CT molecular complexity index is 37.2. The van der Waals surface area contributed by atoms with Gasteiger partial charge in [-0.05, 0) is 0 Å². The van der Waals surface area contributed by atoms with Crippen molar-refractivity contribution in [3.8, 4) is 0 Å². The van der Waals surface area contributed by atoms with Crippen LogP contribution in [0.1, 0.15) is 0 Å². The van der Waals surface area contributed by atoms with Crippen LogP contribution in [0.3, 0.4) is 0 Å². The van der Waals surface area contributed by atoms with Gasteiger partial charge in [0.05, 0.1) is 20.6 Å². The molecule has 54 valence electrons. The highest BCUT2D eigenvalue weighted by atomic mass is 79.9. The zero-order valence-electron chi connectivity index (χ0n) is 5.14. The van der Waals surface area contributed by atoms with E-state index >= 15 is 0 Å². The van der Waals surface area contributed by atoms with Gasteiger partial charge in [-0.2, -0.15) is 0 Å². The average Bonchev–Trinajstić information content (AvgIpc) is 1.35. The van der Waals surface area contributed by atoms with Crippen molar-refractivity contribution in [3.63, 3.8) is 0 Å². The fourth-order valence-corrected chi connectivity index (χ4v) is 0.204. The van der Waals surface area contributed by atoms with Crippen molar-refractivity contribution in [3.05, 3.63) is 0 Å². The molecule has 0 radical (unpaired) electrons. The summed E-state index contributed by atoms with van der Waals surface area (Å²) in [5.74, 6) is 0. The summed E-state index contributed by atoms with van der Waals surface area (Å²) in [4.78, 5) is 1.23. The summed E-state index contributed by atoms with van der Waals surface area (Å²) in [6, 6.07) is 0. The van der Waals surface area contributed by atoms with Crippen LogP contribution >= 0.6 is 29.4 Å². The number of likely N-dealkylation sites (N-methyl/N-ethyl adjacent to an activating group) is 1. The van der Waals surface area contributed by atoms with Gasteiger partial charge in [-0.25, -0.2) is 0 Å². The maximum absolute atomic E-state index is 9.72. The minimum atomic E-state index is 0. The molecule has 0 bridgehead atoms. The summed E-state index contributed by atoms with van der Waals surface area (Å²) < 4.78 is 0. The zero-order chi connectivity index (χ0) is 4.99. The predicted octanol–water partition coefficient (Wildman–Crippen LogP) is -1.51. The van der Waals surface area contributed by atoms with Crippen LogP contribution in [0.4, 0.5) is 0 Å². The summed E-state index contributed by atoms with van der Waals surface area (Å²) in [6.45, 7) is 0.780. The van der Waals surface area contributed by atoms with Gasteiger partial charge in [-0.1, -0.05) is 6.61 Å². The Morgan fingerprint density at radius 2 is 1.75 bits per heavy atom. The van der Waals surface area contributed by atoms with Gasteiger partial charge in [0.15, 0.2) is 0 Å². The minimum absolute atomic E-state index is 0. The van der Waals surface area contributed by atoms with E-state index in [4.69, 9.17) is 0 Å². The number of nitrogens with one attached hydrogen (secondary N) is 1. The van der Waals surface area contributed by atoms with Crippen molar-refractivity contribution in [2.45, 2.75) is 0 Å². The van der Waals surface area contributed by atoms with Gasteiger partial charge in [-0.15, -0.1) is 29.4 Å². The molecule has 0 aromatic heterocycles. The van der Waals surface area contributed by atoms with Crippen molar-refractivity contribution in [2.75, 3.05) is 27.2 Å². The molecule has 0 aliphatic rings. The molecule has 0 heterocycles. The Morgan fingerprint density at radius 1 is 1.38 bits per heavy atom. The van der Waals surface area contributed by atoms with Gasteiger partial charge in [-0.3, -0.25) is 0 Å². The van der Waals surface area contributed by atoms with Gasteiger partial charge in [0.2, 0.25) is 0 Å². The zero-order valence-corrected chi connectivity index (χ0v) is 7.67. The number of rotatable bonds is 2. The maximum Gasteiger partial charge on any atom is 0.0663 e. The van der Waals surface area contributed by atoms with E-state index in [0.717, 1.165) is 6.54 Å². The normalized spacial score (nSPS) is 7.50. The first kappa shape index (κ1) is 15.9. The third-order valence-electron chi connectivity index (χ3n) is 0.602. The summed E-state index contributed by atoms with van der Waals surface area (Å²) >= 11 is 0. The lowest BCUT2D eigenvalue weighted by molar-refractivity contribution is -0.864. The van der Waals surface area contributed by atoms with Crippen LogP contribution in [0.15, 0.2) is 0 Å². The van der Waals surface area contributed by atoms with Crippen molar-refractivity contribution < 1.29 is 10.0 Å². The number of hydrogen-bond acceptors (Lipinski definition) is 1. The fraction of sp³-hybridized carbons (Fsp3) is 1.00. The molecule has 0 unspecified atom stereocenters. The summed E-state index contributed by atoms with van der Waals surface area (Å²) in [5.41, 5.74) is 0. The van der Waals surface area contributed by atoms with Gasteiger partial charge in [0.25, 0.3) is 0 Å². The lowest BCUT2D eigenvalue weighted by Crippen LogP contribution is -3.06. The monoisotopic (exact) mass is 205 g/mol. The smallest absolute Gasteiger partial charge is 0.0663 e. The molecule has 0 fully saturated rings. The van der Waals surface area contributed by atoms with Crippen LogP contribution in [0.5, 0.6) is 0 Å². The number of hydrogen-bond donors (Lipinski definition) is 1. The standard InChI is InChI=1S/C4H10NO.BrH.ClH/c1-5(2)3-4-6;;/h3-4H2,1-2H3;2*1H/q-1;;/p+1. The summed E-state index contributed by atoms with van der Waals surface area (Å²) in [7, 11) is 3.94.